The summed E-state index contributed by atoms with van der Waals surface area (Å²) in [6, 6.07) is 32.0. The first-order valence-corrected chi connectivity index (χ1v) is 23.1. The molecule has 6 heteroatoms. The summed E-state index contributed by atoms with van der Waals surface area (Å²) in [6.45, 7) is 20.6. The van der Waals surface area contributed by atoms with Crippen molar-refractivity contribution in [3.05, 3.63) is 102 Å². The molecule has 0 spiro atoms. The van der Waals surface area contributed by atoms with Crippen molar-refractivity contribution < 1.29 is 14.3 Å². The molecule has 0 radical (unpaired) electrons. The highest BCUT2D eigenvalue weighted by atomic mass is 28.3. The summed E-state index contributed by atoms with van der Waals surface area (Å²) in [7, 11) is -5.53. The molecule has 49 heavy (non-hydrogen) atoms. The lowest BCUT2D eigenvalue weighted by Crippen LogP contribution is -2.78. The van der Waals surface area contributed by atoms with Crippen molar-refractivity contribution in [3.8, 4) is 0 Å². The zero-order chi connectivity index (χ0) is 35.5. The molecular formula is C43H59NO3Si2. The summed E-state index contributed by atoms with van der Waals surface area (Å²) in [6.07, 6.45) is 5.00. The van der Waals surface area contributed by atoms with Crippen LogP contribution in [0.15, 0.2) is 102 Å². The molecule has 0 bridgehead atoms. The SMILES string of the molecule is CC(C)[C@@H]1CC[C@@H](C)C[C@H]1OC(=O)N1C=C([Si](C(C)C)(C(C)C)C(C)C)C(=O)C[C@@H]1[Si](c1ccccc1)(c1ccccc1)c1ccccc1. The number of hydrogen-bond donors (Lipinski definition) is 0. The second-order valence-electron chi connectivity index (χ2n) is 16.1. The van der Waals surface area contributed by atoms with E-state index in [-0.39, 0.29) is 24.4 Å². The fourth-order valence-corrected chi connectivity index (χ4v) is 22.3. The number of benzene rings is 3. The third-order valence-corrected chi connectivity index (χ3v) is 24.5. The van der Waals surface area contributed by atoms with Crippen molar-refractivity contribution in [2.75, 3.05) is 0 Å². The molecule has 1 aliphatic carbocycles. The van der Waals surface area contributed by atoms with E-state index < -0.39 is 21.8 Å². The number of carbonyl (C=O) groups excluding carboxylic acids is 2. The molecule has 1 aliphatic heterocycles. The highest BCUT2D eigenvalue weighted by Gasteiger charge is 2.57. The molecular weight excluding hydrogens is 635 g/mol. The van der Waals surface area contributed by atoms with Gasteiger partial charge in [-0.3, -0.25) is 9.69 Å². The lowest BCUT2D eigenvalue weighted by atomic mass is 9.75. The second kappa shape index (κ2) is 15.3. The van der Waals surface area contributed by atoms with Gasteiger partial charge in [-0.15, -0.1) is 0 Å². The summed E-state index contributed by atoms with van der Waals surface area (Å²) >= 11 is 0. The molecule has 3 aromatic rings. The summed E-state index contributed by atoms with van der Waals surface area (Å²) in [5.74, 6) is 1.46. The fraction of sp³-hybridized carbons (Fsp3) is 0.488. The van der Waals surface area contributed by atoms with Gasteiger partial charge >= 0.3 is 6.09 Å². The Hall–Kier alpha value is -3.23. The maximum Gasteiger partial charge on any atom is 0.414 e. The minimum Gasteiger partial charge on any atom is -0.446 e. The van der Waals surface area contributed by atoms with Crippen molar-refractivity contribution in [1.29, 1.82) is 0 Å². The Kier molecular flexibility index (Phi) is 11.6. The number of hydrogen-bond acceptors (Lipinski definition) is 3. The van der Waals surface area contributed by atoms with E-state index in [9.17, 15) is 0 Å². The monoisotopic (exact) mass is 693 g/mol. The molecule has 3 aromatic carbocycles. The van der Waals surface area contributed by atoms with Crippen LogP contribution in [0.25, 0.3) is 0 Å². The lowest BCUT2D eigenvalue weighted by molar-refractivity contribution is -0.116. The quantitative estimate of drug-likeness (QED) is 0.157. The molecule has 2 aliphatic rings. The largest absolute Gasteiger partial charge is 0.446 e. The van der Waals surface area contributed by atoms with Crippen LogP contribution in [0.3, 0.4) is 0 Å². The van der Waals surface area contributed by atoms with Gasteiger partial charge in [0.1, 0.15) is 14.2 Å². The van der Waals surface area contributed by atoms with Crippen molar-refractivity contribution in [2.24, 2.45) is 17.8 Å². The van der Waals surface area contributed by atoms with Crippen molar-refractivity contribution in [3.63, 3.8) is 0 Å². The number of Topliss-reactive ketones (excluding diaryl/α,β-unsaturated/α-hetero) is 1. The van der Waals surface area contributed by atoms with E-state index in [2.05, 4.69) is 153 Å². The molecule has 1 amide bonds. The molecule has 5 rings (SSSR count). The first kappa shape index (κ1) is 37.0. The third-order valence-electron chi connectivity index (χ3n) is 12.2. The number of ketones is 1. The Balaban J connectivity index is 1.81. The normalized spacial score (nSPS) is 22.2. The average Bonchev–Trinajstić information content (AvgIpc) is 3.07. The first-order valence-electron chi connectivity index (χ1n) is 18.8. The number of rotatable bonds is 10. The van der Waals surface area contributed by atoms with Crippen LogP contribution < -0.4 is 15.6 Å². The van der Waals surface area contributed by atoms with Gasteiger partial charge in [0.25, 0.3) is 0 Å². The van der Waals surface area contributed by atoms with Gasteiger partial charge in [0.15, 0.2) is 13.9 Å². The van der Waals surface area contributed by atoms with Crippen LogP contribution in [0.4, 0.5) is 4.79 Å². The molecule has 1 fully saturated rings. The summed E-state index contributed by atoms with van der Waals surface area (Å²) < 4.78 is 6.75. The van der Waals surface area contributed by atoms with Crippen LogP contribution in [-0.2, 0) is 9.53 Å². The second-order valence-corrected chi connectivity index (χ2v) is 26.0. The van der Waals surface area contributed by atoms with E-state index in [4.69, 9.17) is 4.74 Å². The van der Waals surface area contributed by atoms with Gasteiger partial charge in [0, 0.05) is 12.6 Å². The number of amides is 1. The minimum atomic E-state index is -3.10. The van der Waals surface area contributed by atoms with Crippen molar-refractivity contribution in [2.45, 2.75) is 116 Å². The van der Waals surface area contributed by atoms with E-state index in [1.807, 2.05) is 11.1 Å². The van der Waals surface area contributed by atoms with Gasteiger partial charge in [0.2, 0.25) is 0 Å². The van der Waals surface area contributed by atoms with Crippen LogP contribution >= 0.6 is 0 Å². The molecule has 262 valence electrons. The Morgan fingerprint density at radius 1 is 0.714 bits per heavy atom. The average molecular weight is 694 g/mol. The zero-order valence-corrected chi connectivity index (χ0v) is 33.4. The Morgan fingerprint density at radius 2 is 1.16 bits per heavy atom. The molecule has 1 heterocycles. The summed E-state index contributed by atoms with van der Waals surface area (Å²) in [5.41, 5.74) is 0.600. The molecule has 0 N–H and O–H groups in total. The lowest BCUT2D eigenvalue weighted by Gasteiger charge is -2.50. The topological polar surface area (TPSA) is 46.6 Å². The first-order chi connectivity index (χ1) is 23.4. The minimum absolute atomic E-state index is 0.144. The molecule has 4 atom stereocenters. The van der Waals surface area contributed by atoms with E-state index >= 15 is 9.59 Å². The predicted octanol–water partition coefficient (Wildman–Crippen LogP) is 9.04. The molecule has 0 saturated heterocycles. The highest BCUT2D eigenvalue weighted by molar-refractivity contribution is 7.12. The van der Waals surface area contributed by atoms with E-state index in [0.29, 0.717) is 34.4 Å². The number of ether oxygens (including phenoxy) is 1. The van der Waals surface area contributed by atoms with Crippen molar-refractivity contribution >= 4 is 43.6 Å². The Labute approximate surface area is 298 Å². The number of nitrogens with zero attached hydrogens (tertiary/aromatic N) is 1. The third kappa shape index (κ3) is 6.80. The van der Waals surface area contributed by atoms with Gasteiger partial charge in [-0.25, -0.2) is 4.79 Å². The van der Waals surface area contributed by atoms with Gasteiger partial charge < -0.3 is 4.74 Å². The zero-order valence-electron chi connectivity index (χ0n) is 31.4. The maximum atomic E-state index is 15.2. The van der Waals surface area contributed by atoms with Crippen LogP contribution in [0, 0.1) is 17.8 Å². The van der Waals surface area contributed by atoms with Gasteiger partial charge in [-0.1, -0.05) is 160 Å². The van der Waals surface area contributed by atoms with Crippen LogP contribution in [0.2, 0.25) is 16.6 Å². The smallest absolute Gasteiger partial charge is 0.414 e. The van der Waals surface area contributed by atoms with Gasteiger partial charge in [0.05, 0.1) is 5.67 Å². The standard InChI is InChI=1S/C43H59NO3Si2/c1-30(2)38-26-25-34(9)27-40(38)47-43(46)44-29-41(48(31(3)4,32(5)6)33(7)8)39(45)28-42(44)49(35-19-13-10-14-20-35,36-21-15-11-16-22-36)37-23-17-12-18-24-37/h10-24,29-34,38,40,42H,25-28H2,1-9H3/t34-,38+,40-,42+/m1/s1. The molecule has 0 unspecified atom stereocenters. The fourth-order valence-electron chi connectivity index (χ4n) is 10.1. The van der Waals surface area contributed by atoms with Crippen LogP contribution in [-0.4, -0.2) is 44.7 Å². The van der Waals surface area contributed by atoms with E-state index in [1.54, 1.807) is 0 Å². The highest BCUT2D eigenvalue weighted by Crippen LogP contribution is 2.49. The maximum absolute atomic E-state index is 15.2. The Bertz CT molecular complexity index is 1470. The van der Waals surface area contributed by atoms with Crippen LogP contribution in [0.5, 0.6) is 0 Å². The van der Waals surface area contributed by atoms with Crippen molar-refractivity contribution in [1.82, 2.24) is 4.90 Å². The number of allylic oxidation sites excluding steroid dienone is 1. The van der Waals surface area contributed by atoms with E-state index in [0.717, 1.165) is 18.0 Å². The van der Waals surface area contributed by atoms with E-state index in [1.165, 1.54) is 22.0 Å². The molecule has 4 nitrogen and oxygen atoms in total. The number of carbonyl (C=O) groups is 2. The summed E-state index contributed by atoms with van der Waals surface area (Å²) in [4.78, 5) is 32.2. The molecule has 1 saturated carbocycles. The van der Waals surface area contributed by atoms with Gasteiger partial charge in [-0.05, 0) is 68.0 Å². The predicted molar refractivity (Wildman–Crippen MR) is 210 cm³/mol. The van der Waals surface area contributed by atoms with Crippen LogP contribution in [0.1, 0.15) is 88.0 Å². The Morgan fingerprint density at radius 3 is 1.57 bits per heavy atom. The summed E-state index contributed by atoms with van der Waals surface area (Å²) in [5, 5.41) is 4.47. The molecule has 0 aromatic heterocycles. The van der Waals surface area contributed by atoms with Gasteiger partial charge in [-0.2, -0.15) is 0 Å².